The first-order chi connectivity index (χ1) is 12.2. The van der Waals surface area contributed by atoms with E-state index in [1.165, 1.54) is 5.38 Å². The summed E-state index contributed by atoms with van der Waals surface area (Å²) in [5.41, 5.74) is -0.0639. The van der Waals surface area contributed by atoms with Crippen LogP contribution in [-0.4, -0.2) is 33.5 Å². The molecule has 0 unspecified atom stereocenters. The number of carboxylic acids is 1. The summed E-state index contributed by atoms with van der Waals surface area (Å²) in [5, 5.41) is 17.1. The minimum Gasteiger partial charge on any atom is -0.476 e. The molecule has 0 atom stereocenters. The lowest BCUT2D eigenvalue weighted by Gasteiger charge is -2.18. The lowest BCUT2D eigenvalue weighted by atomic mass is 10.2. The van der Waals surface area contributed by atoms with Gasteiger partial charge in [-0.25, -0.2) is 14.6 Å². The number of ether oxygens (including phenoxy) is 1. The second-order valence-corrected chi connectivity index (χ2v) is 7.03. The molecule has 1 heterocycles. The molecule has 0 saturated carbocycles. The number of hydrogen-bond acceptors (Lipinski definition) is 7. The second-order valence-electron chi connectivity index (χ2n) is 6.17. The Labute approximate surface area is 154 Å². The maximum atomic E-state index is 11.7. The van der Waals surface area contributed by atoms with Crippen LogP contribution in [0.15, 0.2) is 40.9 Å². The molecule has 8 nitrogen and oxygen atoms in total. The molecular weight excluding hydrogens is 358 g/mol. The molecule has 2 aromatic rings. The van der Waals surface area contributed by atoms with Gasteiger partial charge in [0.1, 0.15) is 17.9 Å². The fourth-order valence-corrected chi connectivity index (χ4v) is 2.45. The smallest absolute Gasteiger partial charge is 0.413 e. The van der Waals surface area contributed by atoms with Crippen molar-refractivity contribution in [3.05, 3.63) is 47.0 Å². The van der Waals surface area contributed by atoms with Gasteiger partial charge in [-0.2, -0.15) is 0 Å². The Hall–Kier alpha value is -2.94. The number of nitrogens with one attached hydrogen (secondary N) is 1. The average molecular weight is 377 g/mol. The van der Waals surface area contributed by atoms with E-state index in [-0.39, 0.29) is 23.1 Å². The van der Waals surface area contributed by atoms with Crippen LogP contribution in [0.1, 0.15) is 32.0 Å². The molecule has 0 aliphatic rings. The van der Waals surface area contributed by atoms with E-state index >= 15 is 0 Å². The van der Waals surface area contributed by atoms with Gasteiger partial charge in [-0.3, -0.25) is 5.32 Å². The second kappa shape index (κ2) is 8.43. The average Bonchev–Trinajstić information content (AvgIpc) is 2.98. The van der Waals surface area contributed by atoms with Gasteiger partial charge in [0.25, 0.3) is 0 Å². The SMILES string of the molecule is CC(C)(C)OC(=O)Nc1nc(C(=NOCc2ccccc2)C(=O)O)cs1. The molecule has 26 heavy (non-hydrogen) atoms. The van der Waals surface area contributed by atoms with Crippen LogP contribution >= 0.6 is 11.3 Å². The highest BCUT2D eigenvalue weighted by Crippen LogP contribution is 2.18. The van der Waals surface area contributed by atoms with E-state index in [0.717, 1.165) is 16.9 Å². The number of carbonyl (C=O) groups excluding carboxylic acids is 1. The zero-order chi connectivity index (χ0) is 19.2. The fraction of sp³-hybridized carbons (Fsp3) is 0.294. The van der Waals surface area contributed by atoms with Crippen LogP contribution in [0.3, 0.4) is 0 Å². The number of carboxylic acid groups (broad SMARTS) is 1. The van der Waals surface area contributed by atoms with Gasteiger partial charge in [-0.05, 0) is 26.3 Å². The predicted molar refractivity (Wildman–Crippen MR) is 97.4 cm³/mol. The number of aliphatic carboxylic acids is 1. The minimum absolute atomic E-state index is 0.0848. The molecule has 9 heteroatoms. The van der Waals surface area contributed by atoms with E-state index in [1.54, 1.807) is 20.8 Å². The molecular formula is C17H19N3O5S. The quantitative estimate of drug-likeness (QED) is 0.589. The largest absolute Gasteiger partial charge is 0.476 e. The van der Waals surface area contributed by atoms with Crippen molar-refractivity contribution in [2.75, 3.05) is 5.32 Å². The highest BCUT2D eigenvalue weighted by atomic mass is 32.1. The molecule has 138 valence electrons. The first kappa shape index (κ1) is 19.4. The standard InChI is InChI=1S/C17H19N3O5S/c1-17(2,3)25-16(23)19-15-18-12(10-26-15)13(14(21)22)20-24-9-11-7-5-4-6-8-11/h4-8,10H,9H2,1-3H3,(H,21,22)(H,18,19,23). The van der Waals surface area contributed by atoms with Gasteiger partial charge in [0.05, 0.1) is 0 Å². The monoisotopic (exact) mass is 377 g/mol. The molecule has 0 saturated heterocycles. The third-order valence-electron chi connectivity index (χ3n) is 2.79. The highest BCUT2D eigenvalue weighted by molar-refractivity contribution is 7.14. The zero-order valence-electron chi connectivity index (χ0n) is 14.6. The molecule has 0 spiro atoms. The van der Waals surface area contributed by atoms with Crippen molar-refractivity contribution < 1.29 is 24.3 Å². The molecule has 0 radical (unpaired) electrons. The lowest BCUT2D eigenvalue weighted by Crippen LogP contribution is -2.27. The summed E-state index contributed by atoms with van der Waals surface area (Å²) in [7, 11) is 0. The maximum absolute atomic E-state index is 11.7. The van der Waals surface area contributed by atoms with E-state index in [1.807, 2.05) is 30.3 Å². The summed E-state index contributed by atoms with van der Waals surface area (Å²) >= 11 is 1.06. The summed E-state index contributed by atoms with van der Waals surface area (Å²) in [6, 6.07) is 9.22. The topological polar surface area (TPSA) is 110 Å². The van der Waals surface area contributed by atoms with Gasteiger partial charge in [0, 0.05) is 5.38 Å². The molecule has 1 amide bonds. The molecule has 0 aliphatic heterocycles. The Kier molecular flexibility index (Phi) is 6.29. The van der Waals surface area contributed by atoms with Gasteiger partial charge in [-0.15, -0.1) is 11.3 Å². The number of carbonyl (C=O) groups is 2. The number of hydrogen-bond donors (Lipinski definition) is 2. The van der Waals surface area contributed by atoms with Crippen LogP contribution in [0.4, 0.5) is 9.93 Å². The zero-order valence-corrected chi connectivity index (χ0v) is 15.4. The highest BCUT2D eigenvalue weighted by Gasteiger charge is 2.20. The third kappa shape index (κ3) is 6.17. The first-order valence-electron chi connectivity index (χ1n) is 7.67. The van der Waals surface area contributed by atoms with Gasteiger partial charge in [-0.1, -0.05) is 35.5 Å². The maximum Gasteiger partial charge on any atom is 0.413 e. The number of oxime groups is 1. The van der Waals surface area contributed by atoms with Crippen LogP contribution in [0.2, 0.25) is 0 Å². The summed E-state index contributed by atoms with van der Waals surface area (Å²) in [6.45, 7) is 5.34. The van der Waals surface area contributed by atoms with Gasteiger partial charge < -0.3 is 14.7 Å². The molecule has 1 aromatic carbocycles. The summed E-state index contributed by atoms with van der Waals surface area (Å²) < 4.78 is 5.12. The van der Waals surface area contributed by atoms with Crippen molar-refractivity contribution >= 4 is 34.2 Å². The summed E-state index contributed by atoms with van der Waals surface area (Å²) in [4.78, 5) is 32.3. The van der Waals surface area contributed by atoms with E-state index in [0.29, 0.717) is 0 Å². The van der Waals surface area contributed by atoms with E-state index in [2.05, 4.69) is 15.5 Å². The van der Waals surface area contributed by atoms with Crippen molar-refractivity contribution in [2.24, 2.45) is 5.16 Å². The Balaban J connectivity index is 2.04. The van der Waals surface area contributed by atoms with Crippen LogP contribution in [0.5, 0.6) is 0 Å². The Morgan fingerprint density at radius 1 is 1.27 bits per heavy atom. The van der Waals surface area contributed by atoms with Crippen LogP contribution in [-0.2, 0) is 21.0 Å². The number of thiazole rings is 1. The Morgan fingerprint density at radius 3 is 2.58 bits per heavy atom. The predicted octanol–water partition coefficient (Wildman–Crippen LogP) is 3.50. The third-order valence-corrected chi connectivity index (χ3v) is 3.54. The van der Waals surface area contributed by atoms with Crippen LogP contribution < -0.4 is 5.32 Å². The molecule has 1 aromatic heterocycles. The Morgan fingerprint density at radius 2 is 1.96 bits per heavy atom. The Bertz CT molecular complexity index is 796. The van der Waals surface area contributed by atoms with Crippen molar-refractivity contribution in [1.82, 2.24) is 4.98 Å². The minimum atomic E-state index is -1.29. The number of nitrogens with zero attached hydrogens (tertiary/aromatic N) is 2. The molecule has 0 aliphatic carbocycles. The number of rotatable bonds is 6. The van der Waals surface area contributed by atoms with E-state index < -0.39 is 17.7 Å². The first-order valence-corrected chi connectivity index (χ1v) is 8.55. The van der Waals surface area contributed by atoms with Crippen molar-refractivity contribution in [3.8, 4) is 0 Å². The van der Waals surface area contributed by atoms with Crippen LogP contribution in [0, 0.1) is 0 Å². The van der Waals surface area contributed by atoms with Crippen molar-refractivity contribution in [2.45, 2.75) is 33.0 Å². The lowest BCUT2D eigenvalue weighted by molar-refractivity contribution is -0.129. The summed E-state index contributed by atoms with van der Waals surface area (Å²) in [5.74, 6) is -1.29. The molecule has 0 bridgehead atoms. The van der Waals surface area contributed by atoms with E-state index in [4.69, 9.17) is 9.57 Å². The normalized spacial score (nSPS) is 11.7. The number of aromatic nitrogens is 1. The fourth-order valence-electron chi connectivity index (χ4n) is 1.77. The van der Waals surface area contributed by atoms with Crippen LogP contribution in [0.25, 0.3) is 0 Å². The van der Waals surface area contributed by atoms with Crippen molar-refractivity contribution in [1.29, 1.82) is 0 Å². The van der Waals surface area contributed by atoms with Gasteiger partial charge in [0.2, 0.25) is 5.71 Å². The number of benzene rings is 1. The van der Waals surface area contributed by atoms with Gasteiger partial charge >= 0.3 is 12.1 Å². The number of amides is 1. The molecule has 2 rings (SSSR count). The van der Waals surface area contributed by atoms with Gasteiger partial charge in [0.15, 0.2) is 5.13 Å². The van der Waals surface area contributed by atoms with Crippen molar-refractivity contribution in [3.63, 3.8) is 0 Å². The molecule has 2 N–H and O–H groups in total. The summed E-state index contributed by atoms with van der Waals surface area (Å²) in [6.07, 6.45) is -0.674. The molecule has 0 fully saturated rings. The van der Waals surface area contributed by atoms with E-state index in [9.17, 15) is 14.7 Å². The number of anilines is 1.